The molecule has 6 nitrogen and oxygen atoms in total. The number of aldehydes is 1. The van der Waals surface area contributed by atoms with Crippen molar-refractivity contribution < 1.29 is 14.3 Å². The molecule has 1 aromatic heterocycles. The number of esters is 1. The van der Waals surface area contributed by atoms with Crippen LogP contribution in [0.3, 0.4) is 0 Å². The molecular formula is C16H19N3O3. The van der Waals surface area contributed by atoms with Crippen molar-refractivity contribution in [3.05, 3.63) is 35.3 Å². The summed E-state index contributed by atoms with van der Waals surface area (Å²) in [4.78, 5) is 31.1. The molecule has 0 saturated heterocycles. The van der Waals surface area contributed by atoms with E-state index in [0.29, 0.717) is 30.4 Å². The number of pyridine rings is 1. The molecule has 1 aliphatic carbocycles. The predicted octanol–water partition coefficient (Wildman–Crippen LogP) is 1.28. The van der Waals surface area contributed by atoms with Gasteiger partial charge in [0.05, 0.1) is 30.5 Å². The highest BCUT2D eigenvalue weighted by atomic mass is 16.5. The van der Waals surface area contributed by atoms with Gasteiger partial charge in [-0.25, -0.2) is 0 Å². The fourth-order valence-corrected chi connectivity index (χ4v) is 2.29. The van der Waals surface area contributed by atoms with Crippen LogP contribution in [-0.2, 0) is 14.3 Å². The number of aliphatic imine (C=N–C) groups is 1. The first kappa shape index (κ1) is 15.9. The number of hydrogen-bond acceptors (Lipinski definition) is 6. The van der Waals surface area contributed by atoms with Gasteiger partial charge in [0.2, 0.25) is 0 Å². The second-order valence-electron chi connectivity index (χ2n) is 5.27. The van der Waals surface area contributed by atoms with Gasteiger partial charge in [-0.05, 0) is 31.9 Å². The Balaban J connectivity index is 2.12. The molecule has 1 fully saturated rings. The first-order valence-corrected chi connectivity index (χ1v) is 7.05. The van der Waals surface area contributed by atoms with Crippen LogP contribution in [0.25, 0.3) is 5.57 Å². The average molecular weight is 301 g/mol. The third-order valence-electron chi connectivity index (χ3n) is 3.66. The molecule has 0 amide bonds. The van der Waals surface area contributed by atoms with Gasteiger partial charge in [-0.1, -0.05) is 6.07 Å². The van der Waals surface area contributed by atoms with Crippen LogP contribution in [0.4, 0.5) is 0 Å². The molecular weight excluding hydrogens is 282 g/mol. The van der Waals surface area contributed by atoms with Crippen LogP contribution < -0.4 is 5.73 Å². The van der Waals surface area contributed by atoms with E-state index in [1.807, 2.05) is 19.1 Å². The predicted molar refractivity (Wildman–Crippen MR) is 83.2 cm³/mol. The summed E-state index contributed by atoms with van der Waals surface area (Å²) >= 11 is 0. The minimum Gasteiger partial charge on any atom is -0.469 e. The Hall–Kier alpha value is -2.50. The highest BCUT2D eigenvalue weighted by Crippen LogP contribution is 2.31. The fraction of sp³-hybridized carbons (Fsp3) is 0.375. The van der Waals surface area contributed by atoms with Crippen molar-refractivity contribution in [3.63, 3.8) is 0 Å². The number of hydrogen-bond donors (Lipinski definition) is 1. The number of carbonyl (C=O) groups excluding carboxylic acids is 2. The van der Waals surface area contributed by atoms with Crippen LogP contribution in [0.5, 0.6) is 0 Å². The highest BCUT2D eigenvalue weighted by molar-refractivity contribution is 6.14. The number of ether oxygens (including phenoxy) is 1. The zero-order chi connectivity index (χ0) is 16.1. The maximum Gasteiger partial charge on any atom is 0.308 e. The molecule has 0 aliphatic heterocycles. The van der Waals surface area contributed by atoms with Gasteiger partial charge >= 0.3 is 5.97 Å². The Morgan fingerprint density at radius 3 is 2.77 bits per heavy atom. The Kier molecular flexibility index (Phi) is 5.04. The standard InChI is InChI=1S/C16H19N3O3/c1-10-4-3-5-15(19-10)13(14(17)9-20)8-18-12-6-11(7-12)16(21)22-2/h3-5,8-9,11-12H,6-7,17H2,1-2H3. The Labute approximate surface area is 129 Å². The summed E-state index contributed by atoms with van der Waals surface area (Å²) in [5.41, 5.74) is 7.78. The summed E-state index contributed by atoms with van der Waals surface area (Å²) in [6, 6.07) is 5.54. The Morgan fingerprint density at radius 2 is 2.18 bits per heavy atom. The van der Waals surface area contributed by atoms with Crippen LogP contribution in [-0.4, -0.2) is 36.6 Å². The number of aryl methyl sites for hydroxylation is 1. The first-order valence-electron chi connectivity index (χ1n) is 7.05. The highest BCUT2D eigenvalue weighted by Gasteiger charge is 2.34. The van der Waals surface area contributed by atoms with E-state index in [0.717, 1.165) is 5.69 Å². The van der Waals surface area contributed by atoms with Crippen LogP contribution in [0.15, 0.2) is 28.9 Å². The molecule has 1 aliphatic rings. The van der Waals surface area contributed by atoms with E-state index in [2.05, 4.69) is 14.7 Å². The second kappa shape index (κ2) is 6.98. The molecule has 1 saturated carbocycles. The third-order valence-corrected chi connectivity index (χ3v) is 3.66. The maximum atomic E-state index is 11.3. The molecule has 0 atom stereocenters. The van der Waals surface area contributed by atoms with E-state index in [-0.39, 0.29) is 23.6 Å². The summed E-state index contributed by atoms with van der Waals surface area (Å²) < 4.78 is 4.69. The van der Waals surface area contributed by atoms with Gasteiger partial charge < -0.3 is 10.5 Å². The molecule has 0 bridgehead atoms. The van der Waals surface area contributed by atoms with E-state index in [1.165, 1.54) is 7.11 Å². The van der Waals surface area contributed by atoms with Gasteiger partial charge in [0, 0.05) is 17.5 Å². The summed E-state index contributed by atoms with van der Waals surface area (Å²) in [6.07, 6.45) is 3.46. The third kappa shape index (κ3) is 3.58. The molecule has 116 valence electrons. The summed E-state index contributed by atoms with van der Waals surface area (Å²) in [6.45, 7) is 1.86. The molecule has 2 N–H and O–H groups in total. The van der Waals surface area contributed by atoms with Crippen molar-refractivity contribution >= 4 is 24.0 Å². The summed E-state index contributed by atoms with van der Waals surface area (Å²) in [5, 5.41) is 0. The van der Waals surface area contributed by atoms with Crippen molar-refractivity contribution in [1.82, 2.24) is 4.98 Å². The van der Waals surface area contributed by atoms with Crippen molar-refractivity contribution in [2.75, 3.05) is 7.11 Å². The zero-order valence-corrected chi connectivity index (χ0v) is 12.7. The molecule has 1 heterocycles. The van der Waals surface area contributed by atoms with Crippen molar-refractivity contribution in [3.8, 4) is 0 Å². The lowest BCUT2D eigenvalue weighted by molar-refractivity contribution is -0.148. The summed E-state index contributed by atoms with van der Waals surface area (Å²) in [5.74, 6) is -0.282. The second-order valence-corrected chi connectivity index (χ2v) is 5.27. The lowest BCUT2D eigenvalue weighted by Crippen LogP contribution is -2.34. The SMILES string of the molecule is COC(=O)C1CC(N=CC(=C(N)C=O)c2cccc(C)n2)C1. The number of allylic oxidation sites excluding steroid dienone is 2. The van der Waals surface area contributed by atoms with E-state index < -0.39 is 0 Å². The van der Waals surface area contributed by atoms with Crippen LogP contribution in [0.2, 0.25) is 0 Å². The maximum absolute atomic E-state index is 11.3. The van der Waals surface area contributed by atoms with E-state index in [4.69, 9.17) is 5.73 Å². The smallest absolute Gasteiger partial charge is 0.308 e. The molecule has 22 heavy (non-hydrogen) atoms. The quantitative estimate of drug-likeness (QED) is 0.382. The molecule has 0 spiro atoms. The van der Waals surface area contributed by atoms with Crippen molar-refractivity contribution in [2.45, 2.75) is 25.8 Å². The van der Waals surface area contributed by atoms with Gasteiger partial charge in [-0.15, -0.1) is 0 Å². The number of methoxy groups -OCH3 is 1. The monoisotopic (exact) mass is 301 g/mol. The molecule has 0 radical (unpaired) electrons. The largest absolute Gasteiger partial charge is 0.469 e. The minimum absolute atomic E-state index is 0.0448. The number of nitrogens with zero attached hydrogens (tertiary/aromatic N) is 2. The average Bonchev–Trinajstić information content (AvgIpc) is 2.48. The van der Waals surface area contributed by atoms with E-state index in [9.17, 15) is 9.59 Å². The van der Waals surface area contributed by atoms with Gasteiger partial charge in [0.1, 0.15) is 0 Å². The number of rotatable bonds is 5. The van der Waals surface area contributed by atoms with Crippen LogP contribution in [0, 0.1) is 12.8 Å². The van der Waals surface area contributed by atoms with Gasteiger partial charge in [0.25, 0.3) is 0 Å². The molecule has 2 rings (SSSR count). The van der Waals surface area contributed by atoms with E-state index in [1.54, 1.807) is 12.3 Å². The first-order chi connectivity index (χ1) is 10.5. The lowest BCUT2D eigenvalue weighted by atomic mass is 9.81. The Morgan fingerprint density at radius 1 is 1.45 bits per heavy atom. The molecule has 0 aromatic carbocycles. The topological polar surface area (TPSA) is 94.6 Å². The van der Waals surface area contributed by atoms with Crippen molar-refractivity contribution in [1.29, 1.82) is 0 Å². The van der Waals surface area contributed by atoms with Gasteiger partial charge in [-0.3, -0.25) is 19.6 Å². The van der Waals surface area contributed by atoms with Crippen molar-refractivity contribution in [2.24, 2.45) is 16.6 Å². The van der Waals surface area contributed by atoms with Crippen LogP contribution in [0.1, 0.15) is 24.2 Å². The lowest BCUT2D eigenvalue weighted by Gasteiger charge is -2.30. The van der Waals surface area contributed by atoms with Gasteiger partial charge in [0.15, 0.2) is 6.29 Å². The number of nitrogens with two attached hydrogens (primary N) is 1. The fourth-order valence-electron chi connectivity index (χ4n) is 2.29. The summed E-state index contributed by atoms with van der Waals surface area (Å²) in [7, 11) is 1.38. The Bertz CT molecular complexity index is 631. The number of carbonyl (C=O) groups is 2. The molecule has 1 aromatic rings. The molecule has 0 unspecified atom stereocenters. The zero-order valence-electron chi connectivity index (χ0n) is 12.7. The molecule has 6 heteroatoms. The van der Waals surface area contributed by atoms with Gasteiger partial charge in [-0.2, -0.15) is 0 Å². The normalized spacial score (nSPS) is 21.9. The van der Waals surface area contributed by atoms with Crippen LogP contribution >= 0.6 is 0 Å². The minimum atomic E-state index is -0.199. The van der Waals surface area contributed by atoms with E-state index >= 15 is 0 Å². The number of aromatic nitrogens is 1.